The predicted molar refractivity (Wildman–Crippen MR) is 130 cm³/mol. The van der Waals surface area contributed by atoms with Crippen molar-refractivity contribution in [3.63, 3.8) is 0 Å². The molecule has 0 saturated heterocycles. The van der Waals surface area contributed by atoms with Crippen molar-refractivity contribution in [2.75, 3.05) is 0 Å². The molecule has 1 heterocycles. The van der Waals surface area contributed by atoms with Crippen LogP contribution >= 0.6 is 0 Å². The minimum Gasteiger partial charge on any atom is -0.296 e. The smallest absolute Gasteiger partial charge is 0.144 e. The van der Waals surface area contributed by atoms with E-state index >= 15 is 0 Å². The first-order chi connectivity index (χ1) is 14.2. The van der Waals surface area contributed by atoms with Crippen LogP contribution in [0.5, 0.6) is 0 Å². The molecule has 0 aliphatic rings. The minimum absolute atomic E-state index is 0.127. The van der Waals surface area contributed by atoms with E-state index in [0.29, 0.717) is 0 Å². The molecule has 0 saturated carbocycles. The van der Waals surface area contributed by atoms with Crippen molar-refractivity contribution in [2.24, 2.45) is 0 Å². The van der Waals surface area contributed by atoms with Gasteiger partial charge in [-0.3, -0.25) is 4.57 Å². The first kappa shape index (κ1) is 22.3. The molecule has 0 aliphatic carbocycles. The summed E-state index contributed by atoms with van der Waals surface area (Å²) >= 11 is 0. The Labute approximate surface area is 183 Å². The average molecular weight is 403 g/mol. The quantitative estimate of drug-likeness (QED) is 0.409. The van der Waals surface area contributed by atoms with E-state index in [2.05, 4.69) is 109 Å². The molecule has 2 nitrogen and oxygen atoms in total. The minimum atomic E-state index is 0.127. The van der Waals surface area contributed by atoms with Crippen LogP contribution in [0.3, 0.4) is 0 Å². The molecule has 0 unspecified atom stereocenters. The Morgan fingerprint density at radius 1 is 0.833 bits per heavy atom. The van der Waals surface area contributed by atoms with Gasteiger partial charge in [0.1, 0.15) is 5.82 Å². The van der Waals surface area contributed by atoms with Crippen molar-refractivity contribution >= 4 is 0 Å². The van der Waals surface area contributed by atoms with Crippen molar-refractivity contribution < 1.29 is 0 Å². The molecular weight excluding hydrogens is 364 g/mol. The highest BCUT2D eigenvalue weighted by atomic mass is 15.1. The monoisotopic (exact) mass is 402 g/mol. The summed E-state index contributed by atoms with van der Waals surface area (Å²) in [4.78, 5) is 4.99. The third-order valence-electron chi connectivity index (χ3n) is 6.95. The van der Waals surface area contributed by atoms with E-state index in [-0.39, 0.29) is 10.8 Å². The van der Waals surface area contributed by atoms with Gasteiger partial charge in [-0.2, -0.15) is 0 Å². The number of hydrogen-bond donors (Lipinski definition) is 0. The summed E-state index contributed by atoms with van der Waals surface area (Å²) in [7, 11) is 0. The fourth-order valence-electron chi connectivity index (χ4n) is 4.78. The lowest BCUT2D eigenvalue weighted by molar-refractivity contribution is 0.366. The molecule has 0 N–H and O–H groups in total. The van der Waals surface area contributed by atoms with Crippen molar-refractivity contribution in [3.05, 3.63) is 71.0 Å². The summed E-state index contributed by atoms with van der Waals surface area (Å²) in [6.07, 6.45) is 5.46. The topological polar surface area (TPSA) is 17.8 Å². The van der Waals surface area contributed by atoms with Crippen LogP contribution in [0.4, 0.5) is 0 Å². The molecule has 0 amide bonds. The Hall–Kier alpha value is -2.35. The van der Waals surface area contributed by atoms with Gasteiger partial charge in [0.25, 0.3) is 0 Å². The number of aryl methyl sites for hydroxylation is 2. The largest absolute Gasteiger partial charge is 0.296 e. The Morgan fingerprint density at radius 2 is 1.37 bits per heavy atom. The van der Waals surface area contributed by atoms with Gasteiger partial charge in [-0.1, -0.05) is 84.0 Å². The van der Waals surface area contributed by atoms with Crippen molar-refractivity contribution in [3.8, 4) is 17.1 Å². The summed E-state index contributed by atoms with van der Waals surface area (Å²) in [5.41, 5.74) is 8.06. The van der Waals surface area contributed by atoms with E-state index in [1.807, 2.05) is 0 Å². The van der Waals surface area contributed by atoms with Gasteiger partial charge in [0, 0.05) is 22.9 Å². The number of hydrogen-bond acceptors (Lipinski definition) is 1. The highest BCUT2D eigenvalue weighted by molar-refractivity contribution is 5.63. The van der Waals surface area contributed by atoms with Gasteiger partial charge < -0.3 is 0 Å². The second-order valence-electron chi connectivity index (χ2n) is 9.72. The van der Waals surface area contributed by atoms with Crippen LogP contribution in [-0.4, -0.2) is 9.55 Å². The highest BCUT2D eigenvalue weighted by Crippen LogP contribution is 2.40. The molecule has 0 atom stereocenters. The van der Waals surface area contributed by atoms with Crippen LogP contribution in [0, 0.1) is 13.8 Å². The fraction of sp³-hybridized carbons (Fsp3) is 0.464. The van der Waals surface area contributed by atoms with E-state index in [9.17, 15) is 0 Å². The van der Waals surface area contributed by atoms with Crippen LogP contribution in [-0.2, 0) is 10.8 Å². The molecular formula is C28H38N2. The van der Waals surface area contributed by atoms with Gasteiger partial charge in [0.2, 0.25) is 0 Å². The van der Waals surface area contributed by atoms with Gasteiger partial charge in [-0.05, 0) is 55.2 Å². The van der Waals surface area contributed by atoms with E-state index in [1.165, 1.54) is 33.6 Å². The molecule has 0 fully saturated rings. The Balaban J connectivity index is 2.37. The number of nitrogens with zero attached hydrogens (tertiary/aromatic N) is 2. The SMILES string of the molecule is CCC(CC)(CC)c1cnc(-c2ccccc2)n1-c1c(C)cc(C(C)(C)C)cc1C. The third-order valence-corrected chi connectivity index (χ3v) is 6.95. The predicted octanol–water partition coefficient (Wildman–Crippen LogP) is 7.92. The second kappa shape index (κ2) is 8.41. The van der Waals surface area contributed by atoms with Crippen LogP contribution < -0.4 is 0 Å². The molecule has 160 valence electrons. The van der Waals surface area contributed by atoms with E-state index < -0.39 is 0 Å². The molecule has 0 spiro atoms. The van der Waals surface area contributed by atoms with Gasteiger partial charge in [0.05, 0.1) is 5.69 Å². The molecule has 2 heteroatoms. The van der Waals surface area contributed by atoms with E-state index in [0.717, 1.165) is 25.1 Å². The maximum absolute atomic E-state index is 4.99. The third kappa shape index (κ3) is 3.85. The number of imidazole rings is 1. The Kier molecular flexibility index (Phi) is 6.26. The molecule has 0 aliphatic heterocycles. The van der Waals surface area contributed by atoms with Crippen LogP contribution in [0.1, 0.15) is 83.2 Å². The first-order valence-electron chi connectivity index (χ1n) is 11.4. The molecule has 3 rings (SSSR count). The number of rotatable bonds is 6. The lowest BCUT2D eigenvalue weighted by Gasteiger charge is -2.33. The zero-order valence-electron chi connectivity index (χ0n) is 20.1. The molecule has 0 bridgehead atoms. The summed E-state index contributed by atoms with van der Waals surface area (Å²) in [6, 6.07) is 15.3. The summed E-state index contributed by atoms with van der Waals surface area (Å²) in [6.45, 7) is 18.3. The lowest BCUT2D eigenvalue weighted by atomic mass is 9.76. The van der Waals surface area contributed by atoms with Crippen LogP contribution in [0.25, 0.3) is 17.1 Å². The number of benzene rings is 2. The maximum atomic E-state index is 4.99. The summed E-state index contributed by atoms with van der Waals surface area (Å²) in [5, 5.41) is 0. The molecule has 1 aromatic heterocycles. The zero-order chi connectivity index (χ0) is 22.1. The summed E-state index contributed by atoms with van der Waals surface area (Å²) < 4.78 is 2.46. The first-order valence-corrected chi connectivity index (χ1v) is 11.4. The van der Waals surface area contributed by atoms with E-state index in [1.54, 1.807) is 0 Å². The average Bonchev–Trinajstić information content (AvgIpc) is 3.14. The van der Waals surface area contributed by atoms with Crippen molar-refractivity contribution in [2.45, 2.75) is 85.5 Å². The standard InChI is InChI=1S/C28H38N2/c1-9-28(10-2,11-3)24-19-29-26(22-15-13-12-14-16-22)30(24)25-20(4)17-23(18-21(25)5)27(6,7)8/h12-19H,9-11H2,1-8H3. The van der Waals surface area contributed by atoms with Crippen LogP contribution in [0.2, 0.25) is 0 Å². The lowest BCUT2D eigenvalue weighted by Crippen LogP contribution is -2.27. The normalized spacial score (nSPS) is 12.4. The zero-order valence-corrected chi connectivity index (χ0v) is 20.1. The Morgan fingerprint density at radius 3 is 1.83 bits per heavy atom. The maximum Gasteiger partial charge on any atom is 0.144 e. The van der Waals surface area contributed by atoms with Crippen LogP contribution in [0.15, 0.2) is 48.7 Å². The molecule has 3 aromatic rings. The molecule has 30 heavy (non-hydrogen) atoms. The van der Waals surface area contributed by atoms with Crippen molar-refractivity contribution in [1.29, 1.82) is 0 Å². The fourth-order valence-corrected chi connectivity index (χ4v) is 4.78. The Bertz CT molecular complexity index is 968. The second-order valence-corrected chi connectivity index (χ2v) is 9.72. The van der Waals surface area contributed by atoms with Gasteiger partial charge in [0.15, 0.2) is 0 Å². The van der Waals surface area contributed by atoms with Crippen molar-refractivity contribution in [1.82, 2.24) is 9.55 Å². The van der Waals surface area contributed by atoms with E-state index in [4.69, 9.17) is 4.98 Å². The van der Waals surface area contributed by atoms with Gasteiger partial charge in [-0.25, -0.2) is 4.98 Å². The van der Waals surface area contributed by atoms with Gasteiger partial charge in [-0.15, -0.1) is 0 Å². The number of aromatic nitrogens is 2. The molecule has 0 radical (unpaired) electrons. The molecule has 2 aromatic carbocycles. The summed E-state index contributed by atoms with van der Waals surface area (Å²) in [5.74, 6) is 1.04. The van der Waals surface area contributed by atoms with Gasteiger partial charge >= 0.3 is 0 Å². The highest BCUT2D eigenvalue weighted by Gasteiger charge is 2.33.